The second kappa shape index (κ2) is 10.0. The highest BCUT2D eigenvalue weighted by atomic mass is 32.2. The van der Waals surface area contributed by atoms with E-state index in [0.29, 0.717) is 18.2 Å². The molecule has 2 unspecified atom stereocenters. The maximum absolute atomic E-state index is 12.8. The Morgan fingerprint density at radius 2 is 1.84 bits per heavy atom. The Bertz CT molecular complexity index is 959. The van der Waals surface area contributed by atoms with Crippen molar-refractivity contribution in [1.29, 1.82) is 0 Å². The Hall–Kier alpha value is -2.80. The summed E-state index contributed by atoms with van der Waals surface area (Å²) in [5.74, 6) is -0.249. The van der Waals surface area contributed by atoms with Crippen LogP contribution in [0.1, 0.15) is 38.2 Å². The molecule has 3 amide bonds. The van der Waals surface area contributed by atoms with Crippen molar-refractivity contribution in [2.24, 2.45) is 5.92 Å². The van der Waals surface area contributed by atoms with E-state index in [1.807, 2.05) is 18.2 Å². The Morgan fingerprint density at radius 3 is 2.48 bits per heavy atom. The maximum atomic E-state index is 12.8. The number of amides is 3. The minimum absolute atomic E-state index is 0.0233. The average Bonchev–Trinajstić information content (AvgIpc) is 3.16. The standard InChI is InChI=1S/C24H29N3O3S/c1-5-16(2)20-8-6-7-9-21(20)27-15-17(14-22(27)28)23(29)25-18-10-12-19(13-11-18)31-24(30)26(3)4/h6-13,16-17H,5,14-15H2,1-4H3,(H,25,29). The molecule has 0 spiro atoms. The van der Waals surface area contributed by atoms with Gasteiger partial charge in [0.1, 0.15) is 0 Å². The lowest BCUT2D eigenvalue weighted by molar-refractivity contribution is -0.122. The SMILES string of the molecule is CCC(C)c1ccccc1N1CC(C(=O)Nc2ccc(SC(=O)N(C)C)cc2)CC1=O. The van der Waals surface area contributed by atoms with Crippen LogP contribution < -0.4 is 10.2 Å². The normalized spacial score (nSPS) is 16.8. The molecule has 1 aliphatic heterocycles. The molecule has 7 heteroatoms. The summed E-state index contributed by atoms with van der Waals surface area (Å²) in [5, 5.41) is 2.85. The van der Waals surface area contributed by atoms with Gasteiger partial charge in [-0.25, -0.2) is 0 Å². The van der Waals surface area contributed by atoms with E-state index in [2.05, 4.69) is 25.2 Å². The fourth-order valence-corrected chi connectivity index (χ4v) is 4.19. The smallest absolute Gasteiger partial charge is 0.285 e. The zero-order chi connectivity index (χ0) is 22.5. The quantitative estimate of drug-likeness (QED) is 0.646. The van der Waals surface area contributed by atoms with Crippen LogP contribution in [-0.2, 0) is 9.59 Å². The van der Waals surface area contributed by atoms with Gasteiger partial charge < -0.3 is 15.1 Å². The predicted molar refractivity (Wildman–Crippen MR) is 126 cm³/mol. The zero-order valence-corrected chi connectivity index (χ0v) is 19.2. The summed E-state index contributed by atoms with van der Waals surface area (Å²) in [6, 6.07) is 15.1. The first-order chi connectivity index (χ1) is 14.8. The van der Waals surface area contributed by atoms with Crippen molar-refractivity contribution in [3.8, 4) is 0 Å². The van der Waals surface area contributed by atoms with Gasteiger partial charge in [-0.3, -0.25) is 14.4 Å². The van der Waals surface area contributed by atoms with Crippen LogP contribution in [0.3, 0.4) is 0 Å². The van der Waals surface area contributed by atoms with Gasteiger partial charge in [0.15, 0.2) is 0 Å². The van der Waals surface area contributed by atoms with Gasteiger partial charge in [0.25, 0.3) is 5.24 Å². The molecule has 2 aromatic carbocycles. The van der Waals surface area contributed by atoms with E-state index in [9.17, 15) is 14.4 Å². The molecule has 1 saturated heterocycles. The first-order valence-electron chi connectivity index (χ1n) is 10.5. The van der Waals surface area contributed by atoms with Crippen molar-refractivity contribution in [2.45, 2.75) is 37.5 Å². The molecule has 1 aliphatic rings. The number of nitrogens with zero attached hydrogens (tertiary/aromatic N) is 2. The van der Waals surface area contributed by atoms with Gasteiger partial charge in [0, 0.05) is 43.3 Å². The van der Waals surface area contributed by atoms with Gasteiger partial charge >= 0.3 is 0 Å². The van der Waals surface area contributed by atoms with E-state index >= 15 is 0 Å². The van der Waals surface area contributed by atoms with Gasteiger partial charge in [0.05, 0.1) is 5.92 Å². The fraction of sp³-hybridized carbons (Fsp3) is 0.375. The number of para-hydroxylation sites is 1. The number of benzene rings is 2. The molecule has 1 N–H and O–H groups in total. The molecule has 164 valence electrons. The van der Waals surface area contributed by atoms with Crippen LogP contribution in [0.2, 0.25) is 0 Å². The van der Waals surface area contributed by atoms with Crippen molar-refractivity contribution >= 4 is 40.2 Å². The van der Waals surface area contributed by atoms with Gasteiger partial charge in [-0.05, 0) is 60.0 Å². The summed E-state index contributed by atoms with van der Waals surface area (Å²) in [7, 11) is 3.41. The van der Waals surface area contributed by atoms with Crippen molar-refractivity contribution in [3.05, 3.63) is 54.1 Å². The van der Waals surface area contributed by atoms with Crippen LogP contribution in [0.25, 0.3) is 0 Å². The van der Waals surface area contributed by atoms with E-state index in [1.165, 1.54) is 4.90 Å². The molecule has 0 radical (unpaired) electrons. The molecule has 6 nitrogen and oxygen atoms in total. The molecular weight excluding hydrogens is 410 g/mol. The second-order valence-corrected chi connectivity index (χ2v) is 9.07. The van der Waals surface area contributed by atoms with Gasteiger partial charge in [-0.2, -0.15) is 0 Å². The number of rotatable bonds is 6. The highest BCUT2D eigenvalue weighted by molar-refractivity contribution is 8.13. The van der Waals surface area contributed by atoms with Crippen LogP contribution in [0, 0.1) is 5.92 Å². The fourth-order valence-electron chi connectivity index (χ4n) is 3.53. The molecule has 2 atom stereocenters. The third kappa shape index (κ3) is 5.47. The molecule has 1 fully saturated rings. The molecule has 0 bridgehead atoms. The van der Waals surface area contributed by atoms with Gasteiger partial charge in [0.2, 0.25) is 11.8 Å². The van der Waals surface area contributed by atoms with Crippen LogP contribution in [-0.4, -0.2) is 42.6 Å². The molecule has 0 aromatic heterocycles. The summed E-state index contributed by atoms with van der Waals surface area (Å²) in [6.07, 6.45) is 1.18. The first-order valence-corrected chi connectivity index (χ1v) is 11.3. The van der Waals surface area contributed by atoms with Crippen LogP contribution >= 0.6 is 11.8 Å². The number of nitrogens with one attached hydrogen (secondary N) is 1. The topological polar surface area (TPSA) is 69.7 Å². The highest BCUT2D eigenvalue weighted by Gasteiger charge is 2.36. The average molecular weight is 440 g/mol. The summed E-state index contributed by atoms with van der Waals surface area (Å²) < 4.78 is 0. The minimum Gasteiger partial charge on any atom is -0.339 e. The monoisotopic (exact) mass is 439 g/mol. The number of hydrogen-bond acceptors (Lipinski definition) is 4. The lowest BCUT2D eigenvalue weighted by atomic mass is 9.96. The molecule has 31 heavy (non-hydrogen) atoms. The molecule has 0 saturated carbocycles. The van der Waals surface area contributed by atoms with Gasteiger partial charge in [-0.1, -0.05) is 32.0 Å². The molecule has 1 heterocycles. The number of carbonyl (C=O) groups is 3. The van der Waals surface area contributed by atoms with E-state index in [-0.39, 0.29) is 23.5 Å². The Kier molecular flexibility index (Phi) is 7.38. The number of hydrogen-bond donors (Lipinski definition) is 1. The molecule has 3 rings (SSSR count). The molecular formula is C24H29N3O3S. The number of carbonyl (C=O) groups excluding carboxylic acids is 3. The first kappa shape index (κ1) is 22.9. The van der Waals surface area contributed by atoms with E-state index in [4.69, 9.17) is 0 Å². The summed E-state index contributed by atoms with van der Waals surface area (Å²) in [6.45, 7) is 4.66. The summed E-state index contributed by atoms with van der Waals surface area (Å²) >= 11 is 1.13. The number of anilines is 2. The Balaban J connectivity index is 1.65. The van der Waals surface area contributed by atoms with E-state index < -0.39 is 5.92 Å². The van der Waals surface area contributed by atoms with Crippen molar-refractivity contribution in [2.75, 3.05) is 30.9 Å². The highest BCUT2D eigenvalue weighted by Crippen LogP contribution is 2.34. The van der Waals surface area contributed by atoms with E-state index in [1.54, 1.807) is 43.3 Å². The Labute approximate surface area is 188 Å². The van der Waals surface area contributed by atoms with Crippen LogP contribution in [0.15, 0.2) is 53.4 Å². The van der Waals surface area contributed by atoms with E-state index in [0.717, 1.165) is 34.3 Å². The summed E-state index contributed by atoms with van der Waals surface area (Å²) in [5.41, 5.74) is 2.70. The lowest BCUT2D eigenvalue weighted by Gasteiger charge is -2.23. The molecule has 0 aliphatic carbocycles. The minimum atomic E-state index is -0.401. The van der Waals surface area contributed by atoms with Crippen LogP contribution in [0.4, 0.5) is 16.2 Å². The summed E-state index contributed by atoms with van der Waals surface area (Å²) in [4.78, 5) is 41.4. The van der Waals surface area contributed by atoms with Crippen molar-refractivity contribution < 1.29 is 14.4 Å². The third-order valence-electron chi connectivity index (χ3n) is 5.56. The maximum Gasteiger partial charge on any atom is 0.285 e. The molecule has 2 aromatic rings. The van der Waals surface area contributed by atoms with Gasteiger partial charge in [-0.15, -0.1) is 0 Å². The largest absolute Gasteiger partial charge is 0.339 e. The lowest BCUT2D eigenvalue weighted by Crippen LogP contribution is -2.29. The third-order valence-corrected chi connectivity index (χ3v) is 6.61. The number of thioether (sulfide) groups is 1. The predicted octanol–water partition coefficient (Wildman–Crippen LogP) is 4.97. The second-order valence-electron chi connectivity index (χ2n) is 8.05. The Morgan fingerprint density at radius 1 is 1.16 bits per heavy atom. The van der Waals surface area contributed by atoms with Crippen molar-refractivity contribution in [1.82, 2.24) is 4.90 Å². The zero-order valence-electron chi connectivity index (χ0n) is 18.4. The van der Waals surface area contributed by atoms with Crippen molar-refractivity contribution in [3.63, 3.8) is 0 Å². The van der Waals surface area contributed by atoms with Crippen LogP contribution in [0.5, 0.6) is 0 Å².